The van der Waals surface area contributed by atoms with Crippen molar-refractivity contribution in [2.45, 2.75) is 19.4 Å². The van der Waals surface area contributed by atoms with Crippen LogP contribution in [0.2, 0.25) is 0 Å². The molecule has 0 spiro atoms. The molecule has 6 heteroatoms. The third-order valence-electron chi connectivity index (χ3n) is 2.23. The van der Waals surface area contributed by atoms with Gasteiger partial charge in [0.15, 0.2) is 6.19 Å². The van der Waals surface area contributed by atoms with Gasteiger partial charge >= 0.3 is 6.09 Å². The van der Waals surface area contributed by atoms with E-state index in [-0.39, 0.29) is 6.61 Å². The van der Waals surface area contributed by atoms with E-state index in [1.807, 2.05) is 6.19 Å². The molecule has 0 atom stereocenters. The van der Waals surface area contributed by atoms with Crippen molar-refractivity contribution in [2.75, 3.05) is 32.8 Å². The number of hydrogen-bond acceptors (Lipinski definition) is 5. The number of rotatable bonds is 2. The first-order valence-electron chi connectivity index (χ1n) is 5.21. The number of amides is 1. The molecular formula is C10H17N3O3. The molecule has 0 aromatic rings. The van der Waals surface area contributed by atoms with E-state index in [2.05, 4.69) is 0 Å². The van der Waals surface area contributed by atoms with E-state index in [0.717, 1.165) is 0 Å². The van der Waals surface area contributed by atoms with E-state index in [1.54, 1.807) is 23.6 Å². The summed E-state index contributed by atoms with van der Waals surface area (Å²) in [6, 6.07) is 0. The van der Waals surface area contributed by atoms with E-state index in [9.17, 15) is 9.90 Å². The van der Waals surface area contributed by atoms with Crippen molar-refractivity contribution in [1.82, 2.24) is 9.80 Å². The molecule has 1 fully saturated rings. The van der Waals surface area contributed by atoms with Crippen LogP contribution in [0, 0.1) is 11.5 Å². The Bertz CT molecular complexity index is 285. The minimum atomic E-state index is -1.01. The van der Waals surface area contributed by atoms with Gasteiger partial charge in [0.2, 0.25) is 0 Å². The van der Waals surface area contributed by atoms with E-state index in [4.69, 9.17) is 10.00 Å². The second-order valence-corrected chi connectivity index (χ2v) is 4.44. The van der Waals surface area contributed by atoms with Crippen molar-refractivity contribution in [3.05, 3.63) is 0 Å². The number of hydrogen-bond donors (Lipinski definition) is 1. The van der Waals surface area contributed by atoms with Crippen molar-refractivity contribution in [3.8, 4) is 6.19 Å². The first-order chi connectivity index (χ1) is 7.42. The summed E-state index contributed by atoms with van der Waals surface area (Å²) in [6.07, 6.45) is 1.60. The number of carbonyl (C=O) groups is 1. The van der Waals surface area contributed by atoms with Crippen LogP contribution >= 0.6 is 0 Å². The fourth-order valence-corrected chi connectivity index (χ4v) is 1.32. The van der Waals surface area contributed by atoms with Crippen LogP contribution in [0.15, 0.2) is 0 Å². The van der Waals surface area contributed by atoms with Crippen LogP contribution in [-0.2, 0) is 4.74 Å². The Kier molecular flexibility index (Phi) is 3.96. The molecule has 0 aromatic heterocycles. The minimum absolute atomic E-state index is 0.0235. The van der Waals surface area contributed by atoms with Crippen LogP contribution in [0.1, 0.15) is 13.8 Å². The lowest BCUT2D eigenvalue weighted by molar-refractivity contribution is -0.00645. The number of aliphatic hydroxyl groups is 1. The van der Waals surface area contributed by atoms with Gasteiger partial charge in [0, 0.05) is 26.2 Å². The van der Waals surface area contributed by atoms with Crippen molar-refractivity contribution in [2.24, 2.45) is 0 Å². The van der Waals surface area contributed by atoms with Crippen molar-refractivity contribution < 1.29 is 14.6 Å². The number of nitriles is 1. The minimum Gasteiger partial charge on any atom is -0.446 e. The number of nitrogens with zero attached hydrogens (tertiary/aromatic N) is 3. The van der Waals surface area contributed by atoms with Gasteiger partial charge in [-0.05, 0) is 13.8 Å². The van der Waals surface area contributed by atoms with Gasteiger partial charge in [0.25, 0.3) is 0 Å². The van der Waals surface area contributed by atoms with Crippen LogP contribution < -0.4 is 0 Å². The Balaban J connectivity index is 2.31. The van der Waals surface area contributed by atoms with E-state index >= 15 is 0 Å². The zero-order chi connectivity index (χ0) is 12.2. The fourth-order valence-electron chi connectivity index (χ4n) is 1.32. The molecule has 0 aliphatic carbocycles. The molecule has 1 aliphatic rings. The van der Waals surface area contributed by atoms with Gasteiger partial charge in [-0.3, -0.25) is 0 Å². The van der Waals surface area contributed by atoms with Crippen LogP contribution in [-0.4, -0.2) is 59.4 Å². The highest BCUT2D eigenvalue weighted by atomic mass is 16.6. The highest BCUT2D eigenvalue weighted by Crippen LogP contribution is 2.06. The average Bonchev–Trinajstić information content (AvgIpc) is 2.25. The van der Waals surface area contributed by atoms with Crippen LogP contribution in [0.5, 0.6) is 0 Å². The molecule has 1 amide bonds. The van der Waals surface area contributed by atoms with Crippen LogP contribution in [0.4, 0.5) is 4.79 Å². The predicted molar refractivity (Wildman–Crippen MR) is 56.4 cm³/mol. The molecule has 1 aliphatic heterocycles. The van der Waals surface area contributed by atoms with Gasteiger partial charge in [0.05, 0.1) is 5.60 Å². The summed E-state index contributed by atoms with van der Waals surface area (Å²) in [5.74, 6) is 0. The quantitative estimate of drug-likeness (QED) is 0.671. The van der Waals surface area contributed by atoms with Gasteiger partial charge in [-0.25, -0.2) is 4.79 Å². The Morgan fingerprint density at radius 3 is 2.44 bits per heavy atom. The summed E-state index contributed by atoms with van der Waals surface area (Å²) in [6.45, 7) is 5.17. The molecule has 1 heterocycles. The zero-order valence-corrected chi connectivity index (χ0v) is 9.64. The molecule has 0 aromatic carbocycles. The van der Waals surface area contributed by atoms with Crippen molar-refractivity contribution in [1.29, 1.82) is 5.26 Å². The molecule has 90 valence electrons. The SMILES string of the molecule is CC(C)(O)COC(=O)N1CCN(C#N)CC1. The normalized spacial score (nSPS) is 16.9. The number of carbonyl (C=O) groups excluding carboxylic acids is 1. The molecule has 1 rings (SSSR count). The molecule has 0 radical (unpaired) electrons. The summed E-state index contributed by atoms with van der Waals surface area (Å²) in [5, 5.41) is 18.0. The van der Waals surface area contributed by atoms with Crippen molar-refractivity contribution in [3.63, 3.8) is 0 Å². The fraction of sp³-hybridized carbons (Fsp3) is 0.800. The maximum absolute atomic E-state index is 11.5. The average molecular weight is 227 g/mol. The summed E-state index contributed by atoms with van der Waals surface area (Å²) >= 11 is 0. The highest BCUT2D eigenvalue weighted by Gasteiger charge is 2.23. The van der Waals surface area contributed by atoms with Gasteiger partial charge in [-0.2, -0.15) is 5.26 Å². The molecule has 0 saturated carbocycles. The lowest BCUT2D eigenvalue weighted by atomic mass is 10.2. The molecule has 1 N–H and O–H groups in total. The summed E-state index contributed by atoms with van der Waals surface area (Å²) in [4.78, 5) is 14.7. The molecular weight excluding hydrogens is 210 g/mol. The maximum atomic E-state index is 11.5. The Morgan fingerprint density at radius 2 is 2.00 bits per heavy atom. The third-order valence-corrected chi connectivity index (χ3v) is 2.23. The first kappa shape index (κ1) is 12.6. The second kappa shape index (κ2) is 5.03. The standard InChI is InChI=1S/C10H17N3O3/c1-10(2,15)7-16-9(14)13-5-3-12(8-11)4-6-13/h15H,3-7H2,1-2H3. The monoisotopic (exact) mass is 227 g/mol. The Hall–Kier alpha value is -1.48. The summed E-state index contributed by atoms with van der Waals surface area (Å²) < 4.78 is 4.95. The van der Waals surface area contributed by atoms with Gasteiger partial charge in [0.1, 0.15) is 6.61 Å². The number of piperazine rings is 1. The maximum Gasteiger partial charge on any atom is 0.409 e. The van der Waals surface area contributed by atoms with Crippen LogP contribution in [0.25, 0.3) is 0 Å². The molecule has 0 unspecified atom stereocenters. The second-order valence-electron chi connectivity index (χ2n) is 4.44. The van der Waals surface area contributed by atoms with E-state index < -0.39 is 11.7 Å². The zero-order valence-electron chi connectivity index (χ0n) is 9.64. The Labute approximate surface area is 95.0 Å². The van der Waals surface area contributed by atoms with Gasteiger partial charge in [-0.15, -0.1) is 0 Å². The molecule has 16 heavy (non-hydrogen) atoms. The smallest absolute Gasteiger partial charge is 0.409 e. The van der Waals surface area contributed by atoms with E-state index in [0.29, 0.717) is 26.2 Å². The van der Waals surface area contributed by atoms with Crippen molar-refractivity contribution >= 4 is 6.09 Å². The molecule has 6 nitrogen and oxygen atoms in total. The summed E-state index contributed by atoms with van der Waals surface area (Å²) in [7, 11) is 0. The van der Waals surface area contributed by atoms with Crippen LogP contribution in [0.3, 0.4) is 0 Å². The Morgan fingerprint density at radius 1 is 1.44 bits per heavy atom. The summed E-state index contributed by atoms with van der Waals surface area (Å²) in [5.41, 5.74) is -1.01. The molecule has 0 bridgehead atoms. The largest absolute Gasteiger partial charge is 0.446 e. The lowest BCUT2D eigenvalue weighted by Gasteiger charge is -2.31. The molecule has 1 saturated heterocycles. The highest BCUT2D eigenvalue weighted by molar-refractivity contribution is 5.67. The number of ether oxygens (including phenoxy) is 1. The topological polar surface area (TPSA) is 76.8 Å². The van der Waals surface area contributed by atoms with Gasteiger partial charge < -0.3 is 19.6 Å². The first-order valence-corrected chi connectivity index (χ1v) is 5.21. The lowest BCUT2D eigenvalue weighted by Crippen LogP contribution is -2.47. The predicted octanol–water partition coefficient (Wildman–Crippen LogP) is -0.00742. The third kappa shape index (κ3) is 3.95. The van der Waals surface area contributed by atoms with E-state index in [1.165, 1.54) is 0 Å². The van der Waals surface area contributed by atoms with Gasteiger partial charge in [-0.1, -0.05) is 0 Å².